The highest BCUT2D eigenvalue weighted by Crippen LogP contribution is 2.41. The number of esters is 2. The summed E-state index contributed by atoms with van der Waals surface area (Å²) in [6, 6.07) is 6.97. The molecule has 1 heterocycles. The molecule has 146 valence electrons. The van der Waals surface area contributed by atoms with Crippen molar-refractivity contribution in [3.8, 4) is 0 Å². The van der Waals surface area contributed by atoms with Gasteiger partial charge < -0.3 is 25.3 Å². The van der Waals surface area contributed by atoms with Crippen molar-refractivity contribution < 1.29 is 23.8 Å². The van der Waals surface area contributed by atoms with Gasteiger partial charge in [0.05, 0.1) is 25.2 Å². The predicted molar refractivity (Wildman–Crippen MR) is 101 cm³/mol. The third-order valence-electron chi connectivity index (χ3n) is 4.01. The molecule has 0 amide bonds. The van der Waals surface area contributed by atoms with Gasteiger partial charge in [0.15, 0.2) is 0 Å². The Kier molecular flexibility index (Phi) is 7.27. The van der Waals surface area contributed by atoms with Gasteiger partial charge in [0, 0.05) is 17.3 Å². The summed E-state index contributed by atoms with van der Waals surface area (Å²) < 4.78 is 15.8. The Balaban J connectivity index is 2.72. The molecule has 1 unspecified atom stereocenters. The second-order valence-electron chi connectivity index (χ2n) is 5.71. The lowest BCUT2D eigenvalue weighted by atomic mass is 9.81. The standard InChI is InChI=1S/C19H23ClN2O5/c1-4-26-19(24)16-15(12-7-5-6-8-13(12)20)14(18(23)25-3)11(2)22-17(16)27-10-9-21/h5-8,15,22H,4,9-10,21H2,1-3H3. The Morgan fingerprint density at radius 1 is 1.22 bits per heavy atom. The van der Waals surface area contributed by atoms with E-state index in [2.05, 4.69) is 5.32 Å². The van der Waals surface area contributed by atoms with Crippen molar-refractivity contribution in [3.63, 3.8) is 0 Å². The maximum Gasteiger partial charge on any atom is 0.340 e. The van der Waals surface area contributed by atoms with E-state index in [-0.39, 0.29) is 36.8 Å². The average Bonchev–Trinajstić information content (AvgIpc) is 2.65. The van der Waals surface area contributed by atoms with Crippen LogP contribution in [0.15, 0.2) is 47.0 Å². The molecule has 0 fully saturated rings. The summed E-state index contributed by atoms with van der Waals surface area (Å²) in [5.74, 6) is -1.81. The molecule has 1 aliphatic rings. The first-order chi connectivity index (χ1) is 13.0. The number of halogens is 1. The monoisotopic (exact) mass is 394 g/mol. The van der Waals surface area contributed by atoms with Crippen LogP contribution in [0.4, 0.5) is 0 Å². The molecule has 8 heteroatoms. The first-order valence-corrected chi connectivity index (χ1v) is 8.88. The van der Waals surface area contributed by atoms with Crippen LogP contribution in [-0.4, -0.2) is 38.8 Å². The fourth-order valence-corrected chi connectivity index (χ4v) is 3.14. The van der Waals surface area contributed by atoms with Crippen LogP contribution < -0.4 is 11.1 Å². The summed E-state index contributed by atoms with van der Waals surface area (Å²) in [6.07, 6.45) is 0. The molecule has 1 atom stereocenters. The van der Waals surface area contributed by atoms with E-state index in [1.165, 1.54) is 7.11 Å². The highest BCUT2D eigenvalue weighted by atomic mass is 35.5. The number of methoxy groups -OCH3 is 1. The molecule has 1 aromatic rings. The van der Waals surface area contributed by atoms with Gasteiger partial charge in [-0.3, -0.25) is 0 Å². The molecule has 0 bridgehead atoms. The van der Waals surface area contributed by atoms with Crippen molar-refractivity contribution in [2.75, 3.05) is 26.9 Å². The average molecular weight is 395 g/mol. The number of dihydropyridines is 1. The number of hydrogen-bond donors (Lipinski definition) is 2. The number of nitrogens with two attached hydrogens (primary N) is 1. The van der Waals surface area contributed by atoms with Crippen molar-refractivity contribution in [1.29, 1.82) is 0 Å². The van der Waals surface area contributed by atoms with E-state index in [4.69, 9.17) is 31.5 Å². The second-order valence-corrected chi connectivity index (χ2v) is 6.12. The minimum Gasteiger partial charge on any atom is -0.477 e. The van der Waals surface area contributed by atoms with E-state index >= 15 is 0 Å². The lowest BCUT2D eigenvalue weighted by Gasteiger charge is -2.31. The third-order valence-corrected chi connectivity index (χ3v) is 4.35. The fourth-order valence-electron chi connectivity index (χ4n) is 2.89. The molecule has 7 nitrogen and oxygen atoms in total. The smallest absolute Gasteiger partial charge is 0.340 e. The SMILES string of the molecule is CCOC(=O)C1=C(OCCN)NC(C)=C(C(=O)OC)C1c1ccccc1Cl. The molecule has 1 aliphatic heterocycles. The van der Waals surface area contributed by atoms with Crippen molar-refractivity contribution in [1.82, 2.24) is 5.32 Å². The van der Waals surface area contributed by atoms with Gasteiger partial charge in [-0.2, -0.15) is 0 Å². The molecule has 0 saturated heterocycles. The molecule has 1 aromatic carbocycles. The van der Waals surface area contributed by atoms with Crippen LogP contribution >= 0.6 is 11.6 Å². The number of nitrogens with one attached hydrogen (secondary N) is 1. The van der Waals surface area contributed by atoms with Crippen molar-refractivity contribution in [2.45, 2.75) is 19.8 Å². The molecule has 3 N–H and O–H groups in total. The van der Waals surface area contributed by atoms with Crippen LogP contribution in [-0.2, 0) is 23.8 Å². The Labute approximate surface area is 163 Å². The van der Waals surface area contributed by atoms with Gasteiger partial charge in [0.2, 0.25) is 5.88 Å². The van der Waals surface area contributed by atoms with Gasteiger partial charge in [0.1, 0.15) is 12.2 Å². The van der Waals surface area contributed by atoms with Crippen LogP contribution in [0.3, 0.4) is 0 Å². The molecule has 0 spiro atoms. The lowest BCUT2D eigenvalue weighted by Crippen LogP contribution is -2.34. The van der Waals surface area contributed by atoms with Crippen LogP contribution in [0.25, 0.3) is 0 Å². The third kappa shape index (κ3) is 4.43. The molecular formula is C19H23ClN2O5. The number of benzene rings is 1. The molecule has 0 saturated carbocycles. The molecule has 27 heavy (non-hydrogen) atoms. The quantitative estimate of drug-likeness (QED) is 0.684. The normalized spacial score (nSPS) is 16.7. The summed E-state index contributed by atoms with van der Waals surface area (Å²) >= 11 is 6.39. The van der Waals surface area contributed by atoms with E-state index in [9.17, 15) is 9.59 Å². The van der Waals surface area contributed by atoms with E-state index in [0.29, 0.717) is 16.3 Å². The topological polar surface area (TPSA) is 99.9 Å². The lowest BCUT2D eigenvalue weighted by molar-refractivity contribution is -0.139. The minimum atomic E-state index is -0.806. The number of allylic oxidation sites excluding steroid dienone is 1. The zero-order valence-corrected chi connectivity index (χ0v) is 16.3. The van der Waals surface area contributed by atoms with E-state index < -0.39 is 17.9 Å². The highest BCUT2D eigenvalue weighted by molar-refractivity contribution is 6.31. The largest absolute Gasteiger partial charge is 0.477 e. The number of carbonyl (C=O) groups excluding carboxylic acids is 2. The van der Waals surface area contributed by atoms with E-state index in [0.717, 1.165) is 0 Å². The first kappa shape index (κ1) is 20.8. The molecule has 0 aliphatic carbocycles. The zero-order valence-electron chi connectivity index (χ0n) is 15.5. The van der Waals surface area contributed by atoms with E-state index in [1.54, 1.807) is 38.1 Å². The number of ether oxygens (including phenoxy) is 3. The maximum absolute atomic E-state index is 12.8. The molecule has 0 aromatic heterocycles. The Hall–Kier alpha value is -2.51. The summed E-state index contributed by atoms with van der Waals surface area (Å²) in [4.78, 5) is 25.3. The van der Waals surface area contributed by atoms with Gasteiger partial charge in [-0.15, -0.1) is 0 Å². The summed E-state index contributed by atoms with van der Waals surface area (Å²) in [5.41, 5.74) is 6.99. The van der Waals surface area contributed by atoms with Crippen molar-refractivity contribution in [2.24, 2.45) is 5.73 Å². The van der Waals surface area contributed by atoms with Gasteiger partial charge in [-0.05, 0) is 25.5 Å². The molecular weight excluding hydrogens is 372 g/mol. The van der Waals surface area contributed by atoms with Crippen LogP contribution in [0.1, 0.15) is 25.3 Å². The summed E-state index contributed by atoms with van der Waals surface area (Å²) in [6.45, 7) is 4.00. The van der Waals surface area contributed by atoms with Crippen molar-refractivity contribution >= 4 is 23.5 Å². The number of carbonyl (C=O) groups is 2. The van der Waals surface area contributed by atoms with Crippen LogP contribution in [0, 0.1) is 0 Å². The molecule has 2 rings (SSSR count). The minimum absolute atomic E-state index is 0.143. The zero-order chi connectivity index (χ0) is 20.0. The number of hydrogen-bond acceptors (Lipinski definition) is 7. The molecule has 0 radical (unpaired) electrons. The maximum atomic E-state index is 12.8. The fraction of sp³-hybridized carbons (Fsp3) is 0.368. The Bertz CT molecular complexity index is 788. The van der Waals surface area contributed by atoms with Crippen LogP contribution in [0.5, 0.6) is 0 Å². The summed E-state index contributed by atoms with van der Waals surface area (Å²) in [7, 11) is 1.28. The first-order valence-electron chi connectivity index (χ1n) is 8.50. The van der Waals surface area contributed by atoms with Gasteiger partial charge >= 0.3 is 11.9 Å². The highest BCUT2D eigenvalue weighted by Gasteiger charge is 2.40. The second kappa shape index (κ2) is 9.43. The predicted octanol–water partition coefficient (Wildman–Crippen LogP) is 2.22. The van der Waals surface area contributed by atoms with Gasteiger partial charge in [-0.1, -0.05) is 29.8 Å². The van der Waals surface area contributed by atoms with Gasteiger partial charge in [0.25, 0.3) is 0 Å². The van der Waals surface area contributed by atoms with Gasteiger partial charge in [-0.25, -0.2) is 9.59 Å². The van der Waals surface area contributed by atoms with Crippen molar-refractivity contribution in [3.05, 3.63) is 57.6 Å². The summed E-state index contributed by atoms with van der Waals surface area (Å²) in [5, 5.41) is 3.36. The Morgan fingerprint density at radius 3 is 2.52 bits per heavy atom. The van der Waals surface area contributed by atoms with Crippen LogP contribution in [0.2, 0.25) is 5.02 Å². The Morgan fingerprint density at radius 2 is 1.93 bits per heavy atom. The number of rotatable bonds is 7. The van der Waals surface area contributed by atoms with E-state index in [1.807, 2.05) is 0 Å².